The summed E-state index contributed by atoms with van der Waals surface area (Å²) in [4.78, 5) is 11.5. The summed E-state index contributed by atoms with van der Waals surface area (Å²) < 4.78 is 10.2. The first-order valence-corrected chi connectivity index (χ1v) is 6.09. The number of rotatable bonds is 3. The van der Waals surface area contributed by atoms with Crippen molar-refractivity contribution in [3.63, 3.8) is 0 Å². The molecule has 0 radical (unpaired) electrons. The van der Waals surface area contributed by atoms with Gasteiger partial charge < -0.3 is 9.15 Å². The standard InChI is InChI=1S/C13H10Cl2O3/c1-2-17-13(16)12-6-5-11(18-12)9-4-3-8(14)7-10(9)15/h3-7H,2H2,1H3. The van der Waals surface area contributed by atoms with Gasteiger partial charge in [0.25, 0.3) is 0 Å². The third kappa shape index (κ3) is 2.68. The van der Waals surface area contributed by atoms with Crippen LogP contribution in [0.5, 0.6) is 0 Å². The van der Waals surface area contributed by atoms with Gasteiger partial charge in [-0.05, 0) is 37.3 Å². The number of benzene rings is 1. The molecule has 0 aliphatic carbocycles. The molecule has 2 rings (SSSR count). The van der Waals surface area contributed by atoms with Crippen molar-refractivity contribution in [1.29, 1.82) is 0 Å². The second kappa shape index (κ2) is 5.46. The maximum absolute atomic E-state index is 11.5. The highest BCUT2D eigenvalue weighted by atomic mass is 35.5. The van der Waals surface area contributed by atoms with Gasteiger partial charge >= 0.3 is 5.97 Å². The van der Waals surface area contributed by atoms with E-state index in [4.69, 9.17) is 32.4 Å². The van der Waals surface area contributed by atoms with E-state index in [1.165, 1.54) is 0 Å². The van der Waals surface area contributed by atoms with Crippen LogP contribution in [0.25, 0.3) is 11.3 Å². The van der Waals surface area contributed by atoms with Gasteiger partial charge in [-0.1, -0.05) is 23.2 Å². The van der Waals surface area contributed by atoms with E-state index in [0.29, 0.717) is 28.0 Å². The molecule has 0 fully saturated rings. The van der Waals surface area contributed by atoms with Crippen LogP contribution in [0.2, 0.25) is 10.0 Å². The highest BCUT2D eigenvalue weighted by Gasteiger charge is 2.14. The number of hydrogen-bond acceptors (Lipinski definition) is 3. The fourth-order valence-electron chi connectivity index (χ4n) is 1.48. The van der Waals surface area contributed by atoms with Gasteiger partial charge in [0.1, 0.15) is 5.76 Å². The zero-order chi connectivity index (χ0) is 13.1. The van der Waals surface area contributed by atoms with E-state index in [2.05, 4.69) is 0 Å². The lowest BCUT2D eigenvalue weighted by molar-refractivity contribution is 0.0491. The van der Waals surface area contributed by atoms with Gasteiger partial charge in [-0.2, -0.15) is 0 Å². The third-order valence-corrected chi connectivity index (χ3v) is 2.83. The lowest BCUT2D eigenvalue weighted by Gasteiger charge is -2.01. The summed E-state index contributed by atoms with van der Waals surface area (Å²) >= 11 is 11.9. The van der Waals surface area contributed by atoms with E-state index in [1.54, 1.807) is 37.3 Å². The molecule has 2 aromatic rings. The summed E-state index contributed by atoms with van der Waals surface area (Å²) in [5.74, 6) is 0.159. The van der Waals surface area contributed by atoms with Gasteiger partial charge in [-0.25, -0.2) is 4.79 Å². The zero-order valence-electron chi connectivity index (χ0n) is 9.57. The molecule has 1 heterocycles. The van der Waals surface area contributed by atoms with E-state index in [9.17, 15) is 4.79 Å². The van der Waals surface area contributed by atoms with Crippen LogP contribution in [0.3, 0.4) is 0 Å². The summed E-state index contributed by atoms with van der Waals surface area (Å²) in [5.41, 5.74) is 0.677. The van der Waals surface area contributed by atoms with Crippen molar-refractivity contribution in [2.24, 2.45) is 0 Å². The molecule has 1 aromatic carbocycles. The second-order valence-corrected chi connectivity index (χ2v) is 4.35. The number of hydrogen-bond donors (Lipinski definition) is 0. The number of halogens is 2. The van der Waals surface area contributed by atoms with Crippen molar-refractivity contribution < 1.29 is 13.9 Å². The Morgan fingerprint density at radius 2 is 2.06 bits per heavy atom. The van der Waals surface area contributed by atoms with Crippen LogP contribution in [0.4, 0.5) is 0 Å². The molecular formula is C13H10Cl2O3. The van der Waals surface area contributed by atoms with E-state index in [1.807, 2.05) is 0 Å². The maximum atomic E-state index is 11.5. The van der Waals surface area contributed by atoms with Crippen molar-refractivity contribution in [3.05, 3.63) is 46.1 Å². The SMILES string of the molecule is CCOC(=O)c1ccc(-c2ccc(Cl)cc2Cl)o1. The molecular weight excluding hydrogens is 275 g/mol. The molecule has 18 heavy (non-hydrogen) atoms. The van der Waals surface area contributed by atoms with Crippen LogP contribution < -0.4 is 0 Å². The fourth-order valence-corrected chi connectivity index (χ4v) is 1.99. The van der Waals surface area contributed by atoms with Crippen LogP contribution in [0.15, 0.2) is 34.7 Å². The summed E-state index contributed by atoms with van der Waals surface area (Å²) in [6.45, 7) is 2.04. The lowest BCUT2D eigenvalue weighted by Crippen LogP contribution is -2.02. The van der Waals surface area contributed by atoms with Crippen molar-refractivity contribution in [1.82, 2.24) is 0 Å². The predicted molar refractivity (Wildman–Crippen MR) is 70.1 cm³/mol. The zero-order valence-corrected chi connectivity index (χ0v) is 11.1. The fraction of sp³-hybridized carbons (Fsp3) is 0.154. The maximum Gasteiger partial charge on any atom is 0.374 e. The first-order chi connectivity index (χ1) is 8.61. The monoisotopic (exact) mass is 284 g/mol. The summed E-state index contributed by atoms with van der Waals surface area (Å²) in [5, 5.41) is 1.01. The molecule has 94 valence electrons. The van der Waals surface area contributed by atoms with Gasteiger partial charge in [0.15, 0.2) is 0 Å². The molecule has 1 aromatic heterocycles. The molecule has 3 nitrogen and oxygen atoms in total. The Morgan fingerprint density at radius 1 is 1.28 bits per heavy atom. The van der Waals surface area contributed by atoms with Crippen LogP contribution >= 0.6 is 23.2 Å². The van der Waals surface area contributed by atoms with Crippen molar-refractivity contribution in [2.45, 2.75) is 6.92 Å². The number of carbonyl (C=O) groups is 1. The van der Waals surface area contributed by atoms with Crippen LogP contribution in [0.1, 0.15) is 17.5 Å². The van der Waals surface area contributed by atoms with Crippen molar-refractivity contribution in [3.8, 4) is 11.3 Å². The van der Waals surface area contributed by atoms with E-state index < -0.39 is 5.97 Å². The third-order valence-electron chi connectivity index (χ3n) is 2.28. The Labute approximate surface area is 114 Å². The minimum Gasteiger partial charge on any atom is -0.460 e. The highest BCUT2D eigenvalue weighted by molar-refractivity contribution is 6.36. The Kier molecular flexibility index (Phi) is 3.94. The molecule has 0 spiro atoms. The molecule has 0 N–H and O–H groups in total. The van der Waals surface area contributed by atoms with Gasteiger partial charge in [0, 0.05) is 10.6 Å². The summed E-state index contributed by atoms with van der Waals surface area (Å²) in [6.07, 6.45) is 0. The minimum atomic E-state index is -0.492. The van der Waals surface area contributed by atoms with Crippen molar-refractivity contribution >= 4 is 29.2 Å². The smallest absolute Gasteiger partial charge is 0.374 e. The van der Waals surface area contributed by atoms with E-state index in [0.717, 1.165) is 0 Å². The second-order valence-electron chi connectivity index (χ2n) is 3.51. The Balaban J connectivity index is 2.32. The number of ether oxygens (including phenoxy) is 1. The lowest BCUT2D eigenvalue weighted by atomic mass is 10.2. The van der Waals surface area contributed by atoms with Gasteiger partial charge in [-0.15, -0.1) is 0 Å². The number of furan rings is 1. The molecule has 5 heteroatoms. The van der Waals surface area contributed by atoms with Crippen LogP contribution in [-0.4, -0.2) is 12.6 Å². The molecule has 0 aliphatic rings. The average molecular weight is 285 g/mol. The summed E-state index contributed by atoms with van der Waals surface area (Å²) in [7, 11) is 0. The molecule has 0 saturated heterocycles. The molecule has 0 bridgehead atoms. The van der Waals surface area contributed by atoms with E-state index >= 15 is 0 Å². The van der Waals surface area contributed by atoms with Gasteiger partial charge in [0.05, 0.1) is 11.6 Å². The highest BCUT2D eigenvalue weighted by Crippen LogP contribution is 2.31. The Bertz CT molecular complexity index is 575. The normalized spacial score (nSPS) is 10.4. The molecule has 0 amide bonds. The first kappa shape index (κ1) is 13.0. The number of carbonyl (C=O) groups excluding carboxylic acids is 1. The molecule has 0 saturated carbocycles. The van der Waals surface area contributed by atoms with Gasteiger partial charge in [-0.3, -0.25) is 0 Å². The summed E-state index contributed by atoms with van der Waals surface area (Å²) in [6, 6.07) is 8.28. The number of esters is 1. The minimum absolute atomic E-state index is 0.151. The molecule has 0 unspecified atom stereocenters. The topological polar surface area (TPSA) is 39.4 Å². The largest absolute Gasteiger partial charge is 0.460 e. The molecule has 0 atom stereocenters. The van der Waals surface area contributed by atoms with Crippen molar-refractivity contribution in [2.75, 3.05) is 6.61 Å². The van der Waals surface area contributed by atoms with Crippen LogP contribution in [-0.2, 0) is 4.74 Å². The molecule has 0 aliphatic heterocycles. The quantitative estimate of drug-likeness (QED) is 0.783. The predicted octanol–water partition coefficient (Wildman–Crippen LogP) is 4.43. The Morgan fingerprint density at radius 3 is 2.72 bits per heavy atom. The Hall–Kier alpha value is -1.45. The van der Waals surface area contributed by atoms with Gasteiger partial charge in [0.2, 0.25) is 5.76 Å². The first-order valence-electron chi connectivity index (χ1n) is 5.34. The van der Waals surface area contributed by atoms with E-state index in [-0.39, 0.29) is 5.76 Å². The average Bonchev–Trinajstić information content (AvgIpc) is 2.78. The van der Waals surface area contributed by atoms with Crippen LogP contribution in [0, 0.1) is 0 Å².